The van der Waals surface area contributed by atoms with Crippen molar-refractivity contribution in [3.05, 3.63) is 65.3 Å². The second-order valence-electron chi connectivity index (χ2n) is 7.92. The second kappa shape index (κ2) is 10.1. The Morgan fingerprint density at radius 1 is 1.03 bits per heavy atom. The highest BCUT2D eigenvalue weighted by atomic mass is 32.1. The number of methoxy groups -OCH3 is 1. The van der Waals surface area contributed by atoms with Crippen molar-refractivity contribution in [2.24, 2.45) is 5.92 Å². The van der Waals surface area contributed by atoms with Crippen molar-refractivity contribution >= 4 is 34.7 Å². The highest BCUT2D eigenvalue weighted by Crippen LogP contribution is 2.39. The molecular formula is C24H23F2N3O3S. The molecule has 0 bridgehead atoms. The Balaban J connectivity index is 1.34. The van der Waals surface area contributed by atoms with Crippen LogP contribution in [0.15, 0.2) is 48.7 Å². The molecule has 9 heteroatoms. The lowest BCUT2D eigenvalue weighted by Gasteiger charge is -2.25. The molecule has 33 heavy (non-hydrogen) atoms. The molecule has 1 aromatic heterocycles. The second-order valence-corrected chi connectivity index (χ2v) is 8.98. The van der Waals surface area contributed by atoms with E-state index in [2.05, 4.69) is 15.6 Å². The molecule has 1 saturated carbocycles. The summed E-state index contributed by atoms with van der Waals surface area (Å²) < 4.78 is 31.5. The topological polar surface area (TPSA) is 80.3 Å². The van der Waals surface area contributed by atoms with Crippen molar-refractivity contribution in [2.45, 2.75) is 31.6 Å². The molecule has 2 aromatic carbocycles. The molecule has 1 heterocycles. The molecule has 2 amide bonds. The number of hydrogen-bond acceptors (Lipinski definition) is 5. The first-order valence-electron chi connectivity index (χ1n) is 10.6. The van der Waals surface area contributed by atoms with Gasteiger partial charge in [-0.3, -0.25) is 4.79 Å². The van der Waals surface area contributed by atoms with Gasteiger partial charge in [-0.2, -0.15) is 0 Å². The summed E-state index contributed by atoms with van der Waals surface area (Å²) in [5, 5.41) is 6.05. The van der Waals surface area contributed by atoms with Crippen molar-refractivity contribution in [2.75, 3.05) is 17.7 Å². The van der Waals surface area contributed by atoms with Gasteiger partial charge in [-0.1, -0.05) is 12.1 Å². The maximum Gasteiger partial charge on any atom is 0.323 e. The fraction of sp³-hybridized carbons (Fsp3) is 0.292. The van der Waals surface area contributed by atoms with E-state index in [0.29, 0.717) is 17.7 Å². The highest BCUT2D eigenvalue weighted by Gasteiger charge is 2.29. The summed E-state index contributed by atoms with van der Waals surface area (Å²) in [5.74, 6) is -1.35. The van der Waals surface area contributed by atoms with Gasteiger partial charge in [0, 0.05) is 23.9 Å². The Kier molecular flexibility index (Phi) is 6.98. The van der Waals surface area contributed by atoms with E-state index in [1.807, 2.05) is 18.3 Å². The molecule has 172 valence electrons. The smallest absolute Gasteiger partial charge is 0.323 e. The largest absolute Gasteiger partial charge is 0.469 e. The maximum absolute atomic E-state index is 13.7. The number of halogens is 2. The number of aromatic nitrogens is 1. The number of benzene rings is 2. The van der Waals surface area contributed by atoms with Crippen LogP contribution in [0.2, 0.25) is 0 Å². The minimum absolute atomic E-state index is 0.0116. The van der Waals surface area contributed by atoms with Crippen LogP contribution in [0.5, 0.6) is 0 Å². The van der Waals surface area contributed by atoms with E-state index in [1.165, 1.54) is 7.11 Å². The van der Waals surface area contributed by atoms with Crippen LogP contribution in [0.25, 0.3) is 10.4 Å². The number of amides is 2. The number of ether oxygens (including phenoxy) is 1. The molecule has 0 spiro atoms. The van der Waals surface area contributed by atoms with Crippen molar-refractivity contribution in [3.63, 3.8) is 0 Å². The van der Waals surface area contributed by atoms with E-state index in [9.17, 15) is 18.4 Å². The van der Waals surface area contributed by atoms with Crippen LogP contribution in [-0.2, 0) is 9.53 Å². The Labute approximate surface area is 194 Å². The normalized spacial score (nSPS) is 17.9. The van der Waals surface area contributed by atoms with Crippen LogP contribution in [0.4, 0.5) is 25.0 Å². The highest BCUT2D eigenvalue weighted by molar-refractivity contribution is 7.15. The number of hydrogen-bond donors (Lipinski definition) is 2. The summed E-state index contributed by atoms with van der Waals surface area (Å²) in [6, 6.07) is 9.56. The van der Waals surface area contributed by atoms with Gasteiger partial charge in [-0.15, -0.1) is 11.3 Å². The van der Waals surface area contributed by atoms with Crippen molar-refractivity contribution in [1.29, 1.82) is 0 Å². The summed E-state index contributed by atoms with van der Waals surface area (Å²) in [6.07, 6.45) is 5.31. The van der Waals surface area contributed by atoms with Gasteiger partial charge in [0.15, 0.2) is 0 Å². The summed E-state index contributed by atoms with van der Waals surface area (Å²) in [6.45, 7) is 0. The van der Waals surface area contributed by atoms with Gasteiger partial charge in [0.25, 0.3) is 0 Å². The van der Waals surface area contributed by atoms with E-state index >= 15 is 0 Å². The van der Waals surface area contributed by atoms with E-state index < -0.39 is 17.7 Å². The van der Waals surface area contributed by atoms with E-state index in [0.717, 1.165) is 53.3 Å². The number of nitrogens with zero attached hydrogens (tertiary/aromatic N) is 1. The van der Waals surface area contributed by atoms with Crippen molar-refractivity contribution in [3.8, 4) is 10.4 Å². The first-order chi connectivity index (χ1) is 15.9. The molecular weight excluding hydrogens is 448 g/mol. The third-order valence-corrected chi connectivity index (χ3v) is 6.95. The van der Waals surface area contributed by atoms with Gasteiger partial charge in [0.1, 0.15) is 11.6 Å². The standard InChI is InChI=1S/C24H23F2N3O3S/c1-32-23(30)16-4-2-15(3-5-16)22-27-13-21(33-22)14-6-9-18(10-7-14)28-24(31)29-20-11-8-17(25)12-19(20)26/h6-13,15-16H,2-5H2,1H3,(H2,28,29,31). The fourth-order valence-electron chi connectivity index (χ4n) is 3.95. The number of urea groups is 1. The molecule has 0 aliphatic heterocycles. The molecule has 0 radical (unpaired) electrons. The van der Waals surface area contributed by atoms with Crippen LogP contribution in [0, 0.1) is 17.6 Å². The monoisotopic (exact) mass is 471 g/mol. The fourth-order valence-corrected chi connectivity index (χ4v) is 5.04. The molecule has 0 saturated heterocycles. The quantitative estimate of drug-likeness (QED) is 0.436. The molecule has 3 aromatic rings. The third kappa shape index (κ3) is 5.54. The maximum atomic E-state index is 13.7. The number of carbonyl (C=O) groups excluding carboxylic acids is 2. The number of rotatable bonds is 5. The zero-order valence-corrected chi connectivity index (χ0v) is 18.8. The lowest BCUT2D eigenvalue weighted by atomic mass is 9.82. The number of thiazole rings is 1. The first kappa shape index (κ1) is 22.8. The summed E-state index contributed by atoms with van der Waals surface area (Å²) in [5.41, 5.74) is 1.39. The number of anilines is 2. The minimum atomic E-state index is -0.847. The summed E-state index contributed by atoms with van der Waals surface area (Å²) >= 11 is 1.63. The molecule has 1 aliphatic rings. The lowest BCUT2D eigenvalue weighted by Crippen LogP contribution is -2.22. The van der Waals surface area contributed by atoms with Gasteiger partial charge in [0.05, 0.1) is 28.6 Å². The van der Waals surface area contributed by atoms with E-state index in [-0.39, 0.29) is 17.6 Å². The zero-order valence-electron chi connectivity index (χ0n) is 17.9. The number of carbonyl (C=O) groups is 2. The minimum Gasteiger partial charge on any atom is -0.469 e. The third-order valence-electron chi connectivity index (χ3n) is 5.74. The Morgan fingerprint density at radius 2 is 1.76 bits per heavy atom. The Hall–Kier alpha value is -3.33. The molecule has 1 aliphatic carbocycles. The van der Waals surface area contributed by atoms with Gasteiger partial charge in [0.2, 0.25) is 0 Å². The number of esters is 1. The molecule has 1 fully saturated rings. The Bertz CT molecular complexity index is 1140. The van der Waals surface area contributed by atoms with Crippen LogP contribution in [0.3, 0.4) is 0 Å². The predicted octanol–water partition coefficient (Wildman–Crippen LogP) is 6.18. The molecule has 2 N–H and O–H groups in total. The van der Waals surface area contributed by atoms with Crippen LogP contribution in [-0.4, -0.2) is 24.1 Å². The average molecular weight is 472 g/mol. The SMILES string of the molecule is COC(=O)C1CCC(c2ncc(-c3ccc(NC(=O)Nc4ccc(F)cc4F)cc3)s2)CC1. The molecule has 0 atom stereocenters. The van der Waals surface area contributed by atoms with E-state index in [1.54, 1.807) is 23.5 Å². The van der Waals surface area contributed by atoms with Gasteiger partial charge < -0.3 is 15.4 Å². The number of nitrogens with one attached hydrogen (secondary N) is 2. The first-order valence-corrected chi connectivity index (χ1v) is 11.4. The summed E-state index contributed by atoms with van der Waals surface area (Å²) in [7, 11) is 1.43. The van der Waals surface area contributed by atoms with E-state index in [4.69, 9.17) is 4.74 Å². The van der Waals surface area contributed by atoms with Crippen LogP contribution in [0.1, 0.15) is 36.6 Å². The van der Waals surface area contributed by atoms with Gasteiger partial charge in [-0.05, 0) is 55.5 Å². The lowest BCUT2D eigenvalue weighted by molar-refractivity contribution is -0.146. The van der Waals surface area contributed by atoms with Crippen LogP contribution >= 0.6 is 11.3 Å². The van der Waals surface area contributed by atoms with Crippen LogP contribution < -0.4 is 10.6 Å². The van der Waals surface area contributed by atoms with Crippen molar-refractivity contribution < 1.29 is 23.1 Å². The van der Waals surface area contributed by atoms with Gasteiger partial charge >= 0.3 is 12.0 Å². The molecule has 4 rings (SSSR count). The Morgan fingerprint density at radius 3 is 2.42 bits per heavy atom. The average Bonchev–Trinajstić information content (AvgIpc) is 3.31. The summed E-state index contributed by atoms with van der Waals surface area (Å²) in [4.78, 5) is 29.5. The van der Waals surface area contributed by atoms with Crippen molar-refractivity contribution in [1.82, 2.24) is 4.98 Å². The molecule has 6 nitrogen and oxygen atoms in total. The molecule has 0 unspecified atom stereocenters. The zero-order chi connectivity index (χ0) is 23.4. The predicted molar refractivity (Wildman–Crippen MR) is 123 cm³/mol. The van der Waals surface area contributed by atoms with Gasteiger partial charge in [-0.25, -0.2) is 18.6 Å².